The number of imide groups is 2. The smallest absolute Gasteiger partial charge is 0.335 e. The van der Waals surface area contributed by atoms with Crippen LogP contribution in [0.1, 0.15) is 37.5 Å². The van der Waals surface area contributed by atoms with Crippen LogP contribution in [0.2, 0.25) is 5.02 Å². The molecule has 0 aromatic heterocycles. The van der Waals surface area contributed by atoms with E-state index in [4.69, 9.17) is 11.6 Å². The molecule has 164 valence electrons. The number of likely N-dealkylation sites (N-methyl/N-ethyl adjacent to an activating group) is 1. The number of hydrogen-bond acceptors (Lipinski definition) is 4. The van der Waals surface area contributed by atoms with Gasteiger partial charge in [-0.3, -0.25) is 14.9 Å². The van der Waals surface area contributed by atoms with Gasteiger partial charge in [-0.15, -0.1) is 0 Å². The Kier molecular flexibility index (Phi) is 5.21. The number of hydrogen-bond donors (Lipinski definition) is 1. The molecular formula is C25H24ClN3O3. The minimum Gasteiger partial charge on any atom is -0.365 e. The third kappa shape index (κ3) is 3.60. The number of aryl methyl sites for hydroxylation is 1. The van der Waals surface area contributed by atoms with Gasteiger partial charge in [-0.25, -0.2) is 9.69 Å². The number of nitrogens with one attached hydrogen (secondary N) is 1. The fraction of sp³-hybridized carbons (Fsp3) is 0.240. The molecule has 1 fully saturated rings. The number of anilines is 2. The maximum atomic E-state index is 13.2. The summed E-state index contributed by atoms with van der Waals surface area (Å²) in [4.78, 5) is 41.3. The number of fused-ring (bicyclic) bond motifs is 1. The standard InChI is InChI=1S/C25H24ClN3O3/c1-14-7-6-8-17(9-14)29-23(31)19(22(30)27-24(29)32)11-16-10-18-15(2)13-25(3,4)28(5)21(18)12-20(16)26/h6-13H,1-5H3,(H,27,30,32)/b19-11-. The first-order valence-corrected chi connectivity index (χ1v) is 10.6. The van der Waals surface area contributed by atoms with E-state index in [1.165, 1.54) is 6.08 Å². The summed E-state index contributed by atoms with van der Waals surface area (Å²) < 4.78 is 0. The second-order valence-electron chi connectivity index (χ2n) is 8.73. The van der Waals surface area contributed by atoms with Gasteiger partial charge in [-0.1, -0.05) is 29.8 Å². The van der Waals surface area contributed by atoms with E-state index in [2.05, 4.69) is 30.1 Å². The maximum Gasteiger partial charge on any atom is 0.335 e. The van der Waals surface area contributed by atoms with Crippen molar-refractivity contribution >= 4 is 52.5 Å². The van der Waals surface area contributed by atoms with Gasteiger partial charge in [0.05, 0.1) is 11.2 Å². The van der Waals surface area contributed by atoms with E-state index in [1.54, 1.807) is 18.2 Å². The van der Waals surface area contributed by atoms with Gasteiger partial charge < -0.3 is 4.90 Å². The third-order valence-electron chi connectivity index (χ3n) is 6.00. The van der Waals surface area contributed by atoms with Crippen LogP contribution in [0, 0.1) is 6.92 Å². The van der Waals surface area contributed by atoms with Crippen LogP contribution in [0.3, 0.4) is 0 Å². The quantitative estimate of drug-likeness (QED) is 0.520. The number of barbiturate groups is 1. The summed E-state index contributed by atoms with van der Waals surface area (Å²) >= 11 is 6.57. The highest BCUT2D eigenvalue weighted by atomic mass is 35.5. The van der Waals surface area contributed by atoms with Gasteiger partial charge >= 0.3 is 6.03 Å². The molecule has 0 bridgehead atoms. The molecule has 4 amide bonds. The highest BCUT2D eigenvalue weighted by Crippen LogP contribution is 2.41. The average molecular weight is 450 g/mol. The van der Waals surface area contributed by atoms with Crippen molar-refractivity contribution in [2.24, 2.45) is 0 Å². The van der Waals surface area contributed by atoms with Crippen LogP contribution in [-0.2, 0) is 9.59 Å². The number of carbonyl (C=O) groups excluding carboxylic acids is 3. The second kappa shape index (κ2) is 7.64. The Hall–Kier alpha value is -3.38. The van der Waals surface area contributed by atoms with Crippen molar-refractivity contribution in [3.8, 4) is 0 Å². The van der Waals surface area contributed by atoms with Crippen LogP contribution in [0.25, 0.3) is 11.6 Å². The molecule has 0 spiro atoms. The summed E-state index contributed by atoms with van der Waals surface area (Å²) in [5, 5.41) is 2.66. The zero-order valence-electron chi connectivity index (χ0n) is 18.6. The third-order valence-corrected chi connectivity index (χ3v) is 6.32. The normalized spacial score (nSPS) is 19.1. The first-order chi connectivity index (χ1) is 15.0. The van der Waals surface area contributed by atoms with Gasteiger partial charge in [0.1, 0.15) is 5.57 Å². The predicted molar refractivity (Wildman–Crippen MR) is 128 cm³/mol. The molecule has 1 N–H and O–H groups in total. The van der Waals surface area contributed by atoms with Crippen LogP contribution in [-0.4, -0.2) is 30.4 Å². The minimum absolute atomic E-state index is 0.154. The zero-order chi connectivity index (χ0) is 23.4. The summed E-state index contributed by atoms with van der Waals surface area (Å²) in [5.74, 6) is -1.44. The Labute approximate surface area is 192 Å². The lowest BCUT2D eigenvalue weighted by molar-refractivity contribution is -0.122. The van der Waals surface area contributed by atoms with Crippen LogP contribution in [0.15, 0.2) is 48.0 Å². The SMILES string of the molecule is CC1=CC(C)(C)N(C)c2cc(Cl)c(/C=C3/C(=O)NC(=O)N(c4cccc(C)c4)C3=O)cc21. The lowest BCUT2D eigenvalue weighted by Crippen LogP contribution is -2.54. The summed E-state index contributed by atoms with van der Waals surface area (Å²) in [6.45, 7) is 8.12. The largest absolute Gasteiger partial charge is 0.365 e. The van der Waals surface area contributed by atoms with Crippen molar-refractivity contribution in [2.45, 2.75) is 33.2 Å². The fourth-order valence-corrected chi connectivity index (χ4v) is 4.33. The van der Waals surface area contributed by atoms with Gasteiger partial charge in [-0.2, -0.15) is 0 Å². The van der Waals surface area contributed by atoms with Crippen molar-refractivity contribution in [1.82, 2.24) is 5.32 Å². The average Bonchev–Trinajstić information content (AvgIpc) is 2.69. The van der Waals surface area contributed by atoms with E-state index >= 15 is 0 Å². The van der Waals surface area contributed by atoms with Crippen molar-refractivity contribution < 1.29 is 14.4 Å². The van der Waals surface area contributed by atoms with E-state index in [-0.39, 0.29) is 11.1 Å². The Morgan fingerprint density at radius 2 is 1.78 bits per heavy atom. The molecule has 2 aromatic carbocycles. The van der Waals surface area contributed by atoms with Crippen molar-refractivity contribution in [3.63, 3.8) is 0 Å². The summed E-state index contributed by atoms with van der Waals surface area (Å²) in [6, 6.07) is 9.91. The van der Waals surface area contributed by atoms with Gasteiger partial charge in [0.25, 0.3) is 11.8 Å². The van der Waals surface area contributed by atoms with E-state index in [0.29, 0.717) is 16.3 Å². The van der Waals surface area contributed by atoms with Crippen LogP contribution in [0.4, 0.5) is 16.2 Å². The molecule has 4 rings (SSSR count). The Balaban J connectivity index is 1.80. The first-order valence-electron chi connectivity index (χ1n) is 10.2. The zero-order valence-corrected chi connectivity index (χ0v) is 19.4. The number of halogens is 1. The van der Waals surface area contributed by atoms with Gasteiger partial charge in [0.15, 0.2) is 0 Å². The molecule has 0 radical (unpaired) electrons. The number of benzene rings is 2. The number of nitrogens with zero attached hydrogens (tertiary/aromatic N) is 2. The van der Waals surface area contributed by atoms with Crippen molar-refractivity contribution in [2.75, 3.05) is 16.8 Å². The topological polar surface area (TPSA) is 69.7 Å². The van der Waals surface area contributed by atoms with Gasteiger partial charge in [-0.05, 0) is 74.7 Å². The molecule has 32 heavy (non-hydrogen) atoms. The van der Waals surface area contributed by atoms with Crippen molar-refractivity contribution in [1.29, 1.82) is 0 Å². The number of allylic oxidation sites excluding steroid dienone is 1. The molecule has 1 saturated heterocycles. The molecule has 0 atom stereocenters. The first kappa shape index (κ1) is 21.8. The molecule has 0 aliphatic carbocycles. The predicted octanol–water partition coefficient (Wildman–Crippen LogP) is 4.95. The van der Waals surface area contributed by atoms with E-state index < -0.39 is 17.8 Å². The van der Waals surface area contributed by atoms with E-state index in [9.17, 15) is 14.4 Å². The number of rotatable bonds is 2. The molecule has 2 aliphatic heterocycles. The monoisotopic (exact) mass is 449 g/mol. The lowest BCUT2D eigenvalue weighted by atomic mass is 9.88. The molecule has 0 saturated carbocycles. The number of amides is 4. The summed E-state index contributed by atoms with van der Waals surface area (Å²) in [5.41, 5.74) is 4.51. The van der Waals surface area contributed by atoms with Crippen LogP contribution < -0.4 is 15.1 Å². The molecule has 6 nitrogen and oxygen atoms in total. The molecular weight excluding hydrogens is 426 g/mol. The highest BCUT2D eigenvalue weighted by molar-refractivity contribution is 6.40. The van der Waals surface area contributed by atoms with E-state index in [0.717, 1.165) is 27.3 Å². The minimum atomic E-state index is -0.776. The molecule has 0 unspecified atom stereocenters. The fourth-order valence-electron chi connectivity index (χ4n) is 4.11. The van der Waals surface area contributed by atoms with E-state index in [1.807, 2.05) is 39.1 Å². The highest BCUT2D eigenvalue weighted by Gasteiger charge is 2.37. The number of carbonyl (C=O) groups is 3. The van der Waals surface area contributed by atoms with Crippen LogP contribution in [0.5, 0.6) is 0 Å². The Morgan fingerprint density at radius 1 is 1.06 bits per heavy atom. The second-order valence-corrected chi connectivity index (χ2v) is 9.13. The van der Waals surface area contributed by atoms with Crippen molar-refractivity contribution in [3.05, 3.63) is 69.8 Å². The molecule has 7 heteroatoms. The molecule has 2 heterocycles. The summed E-state index contributed by atoms with van der Waals surface area (Å²) in [7, 11) is 2.00. The molecule has 2 aliphatic rings. The number of urea groups is 1. The van der Waals surface area contributed by atoms with Gasteiger partial charge in [0, 0.05) is 23.3 Å². The maximum absolute atomic E-state index is 13.2. The lowest BCUT2D eigenvalue weighted by Gasteiger charge is -2.40. The molecule has 2 aromatic rings. The Morgan fingerprint density at radius 3 is 2.47 bits per heavy atom. The van der Waals surface area contributed by atoms with Crippen LogP contribution >= 0.6 is 11.6 Å². The summed E-state index contributed by atoms with van der Waals surface area (Å²) in [6.07, 6.45) is 3.61. The Bertz CT molecular complexity index is 1240. The van der Waals surface area contributed by atoms with Gasteiger partial charge in [0.2, 0.25) is 0 Å².